The zero-order valence-electron chi connectivity index (χ0n) is 16.3. The van der Waals surface area contributed by atoms with Crippen LogP contribution >= 0.6 is 11.3 Å². The highest BCUT2D eigenvalue weighted by molar-refractivity contribution is 7.07. The first-order chi connectivity index (χ1) is 12.6. The highest BCUT2D eigenvalue weighted by Gasteiger charge is 2.21. The van der Waals surface area contributed by atoms with Gasteiger partial charge in [-0.3, -0.25) is 14.7 Å². The summed E-state index contributed by atoms with van der Waals surface area (Å²) in [6.45, 7) is 8.33. The third-order valence-corrected chi connectivity index (χ3v) is 5.48. The Morgan fingerprint density at radius 1 is 1.38 bits per heavy atom. The van der Waals surface area contributed by atoms with Crippen molar-refractivity contribution in [3.8, 4) is 0 Å². The molecule has 1 aromatic heterocycles. The molecule has 0 radical (unpaired) electrons. The van der Waals surface area contributed by atoms with E-state index in [4.69, 9.17) is 0 Å². The van der Waals surface area contributed by atoms with Gasteiger partial charge in [0.05, 0.1) is 6.54 Å². The van der Waals surface area contributed by atoms with E-state index in [1.54, 1.807) is 11.3 Å². The lowest BCUT2D eigenvalue weighted by molar-refractivity contribution is -0.122. The number of carbonyl (C=O) groups is 1. The fourth-order valence-corrected chi connectivity index (χ4v) is 3.85. The molecule has 0 aliphatic carbocycles. The third-order valence-electron chi connectivity index (χ3n) is 4.78. The van der Waals surface area contributed by atoms with Crippen molar-refractivity contribution in [2.24, 2.45) is 4.99 Å². The first-order valence-corrected chi connectivity index (χ1v) is 10.5. The average Bonchev–Trinajstić information content (AvgIpc) is 3.19. The Balaban J connectivity index is 1.67. The van der Waals surface area contributed by atoms with Gasteiger partial charge in [-0.25, -0.2) is 0 Å². The van der Waals surface area contributed by atoms with Gasteiger partial charge < -0.3 is 16.0 Å². The number of carbonyl (C=O) groups excluding carboxylic acids is 1. The van der Waals surface area contributed by atoms with Gasteiger partial charge in [-0.1, -0.05) is 13.8 Å². The predicted octanol–water partition coefficient (Wildman–Crippen LogP) is 2.01. The molecular weight excluding hydrogens is 346 g/mol. The zero-order chi connectivity index (χ0) is 18.8. The van der Waals surface area contributed by atoms with E-state index in [-0.39, 0.29) is 5.91 Å². The lowest BCUT2D eigenvalue weighted by Gasteiger charge is -2.32. The number of rotatable bonds is 8. The summed E-state index contributed by atoms with van der Waals surface area (Å²) in [6.07, 6.45) is 3.04. The van der Waals surface area contributed by atoms with Crippen LogP contribution in [-0.2, 0) is 4.79 Å². The Bertz CT molecular complexity index is 552. The van der Waals surface area contributed by atoms with Crippen molar-refractivity contribution in [1.82, 2.24) is 20.9 Å². The second-order valence-electron chi connectivity index (χ2n) is 6.96. The SMILES string of the molecule is CCCNC(=O)CN1CCC(NC(=NC)NCC(C)c2ccsc2)CC1. The molecule has 0 spiro atoms. The van der Waals surface area contributed by atoms with Crippen LogP contribution in [0, 0.1) is 0 Å². The number of amides is 1. The minimum absolute atomic E-state index is 0.137. The van der Waals surface area contributed by atoms with E-state index in [1.807, 2.05) is 7.05 Å². The zero-order valence-corrected chi connectivity index (χ0v) is 17.1. The van der Waals surface area contributed by atoms with Crippen molar-refractivity contribution in [1.29, 1.82) is 0 Å². The van der Waals surface area contributed by atoms with E-state index < -0.39 is 0 Å². The molecule has 1 fully saturated rings. The van der Waals surface area contributed by atoms with Crippen LogP contribution in [0.25, 0.3) is 0 Å². The summed E-state index contributed by atoms with van der Waals surface area (Å²) in [6, 6.07) is 2.59. The van der Waals surface area contributed by atoms with Gasteiger partial charge in [0, 0.05) is 39.3 Å². The van der Waals surface area contributed by atoms with Crippen molar-refractivity contribution in [2.75, 3.05) is 39.8 Å². The molecule has 2 rings (SSSR count). The summed E-state index contributed by atoms with van der Waals surface area (Å²) in [5.41, 5.74) is 1.37. The van der Waals surface area contributed by atoms with Crippen LogP contribution in [0.2, 0.25) is 0 Å². The number of piperidine rings is 1. The van der Waals surface area contributed by atoms with Gasteiger partial charge in [0.15, 0.2) is 5.96 Å². The first kappa shape index (κ1) is 20.7. The molecule has 146 valence electrons. The average molecular weight is 380 g/mol. The van der Waals surface area contributed by atoms with Crippen LogP contribution in [0.4, 0.5) is 0 Å². The number of hydrogen-bond donors (Lipinski definition) is 3. The Kier molecular flexibility index (Phi) is 8.91. The van der Waals surface area contributed by atoms with Crippen molar-refractivity contribution < 1.29 is 4.79 Å². The van der Waals surface area contributed by atoms with Gasteiger partial charge in [0.1, 0.15) is 0 Å². The molecule has 1 saturated heterocycles. The summed E-state index contributed by atoms with van der Waals surface area (Å²) in [4.78, 5) is 18.4. The highest BCUT2D eigenvalue weighted by atomic mass is 32.1. The first-order valence-electron chi connectivity index (χ1n) is 9.60. The molecular formula is C19H33N5OS. The minimum atomic E-state index is 0.137. The van der Waals surface area contributed by atoms with Gasteiger partial charge >= 0.3 is 0 Å². The quantitative estimate of drug-likeness (QED) is 0.477. The Morgan fingerprint density at radius 3 is 2.77 bits per heavy atom. The van der Waals surface area contributed by atoms with Crippen molar-refractivity contribution >= 4 is 23.2 Å². The second kappa shape index (κ2) is 11.2. The Labute approximate surface area is 161 Å². The number of likely N-dealkylation sites (tertiary alicyclic amines) is 1. The Morgan fingerprint density at radius 2 is 2.15 bits per heavy atom. The predicted molar refractivity (Wildman–Crippen MR) is 110 cm³/mol. The smallest absolute Gasteiger partial charge is 0.234 e. The van der Waals surface area contributed by atoms with Crippen LogP contribution in [-0.4, -0.2) is 62.6 Å². The second-order valence-corrected chi connectivity index (χ2v) is 7.74. The number of thiophene rings is 1. The molecule has 3 N–H and O–H groups in total. The summed E-state index contributed by atoms with van der Waals surface area (Å²) >= 11 is 1.74. The van der Waals surface area contributed by atoms with E-state index in [0.29, 0.717) is 18.5 Å². The van der Waals surface area contributed by atoms with Crippen molar-refractivity contribution in [3.05, 3.63) is 22.4 Å². The number of nitrogens with zero attached hydrogens (tertiary/aromatic N) is 2. The molecule has 7 heteroatoms. The van der Waals surface area contributed by atoms with Gasteiger partial charge in [-0.2, -0.15) is 11.3 Å². The minimum Gasteiger partial charge on any atom is -0.356 e. The van der Waals surface area contributed by atoms with Crippen LogP contribution in [0.3, 0.4) is 0 Å². The summed E-state index contributed by atoms with van der Waals surface area (Å²) in [7, 11) is 1.82. The number of guanidine groups is 1. The molecule has 0 bridgehead atoms. The monoisotopic (exact) mass is 379 g/mol. The molecule has 1 aliphatic rings. The van der Waals surface area contributed by atoms with E-state index in [1.165, 1.54) is 5.56 Å². The maximum absolute atomic E-state index is 11.8. The van der Waals surface area contributed by atoms with Gasteiger partial charge in [0.25, 0.3) is 0 Å². The van der Waals surface area contributed by atoms with E-state index in [0.717, 1.165) is 51.4 Å². The molecule has 0 aromatic carbocycles. The molecule has 6 nitrogen and oxygen atoms in total. The van der Waals surface area contributed by atoms with Gasteiger partial charge in [-0.05, 0) is 47.6 Å². The molecule has 1 unspecified atom stereocenters. The molecule has 2 heterocycles. The molecule has 0 saturated carbocycles. The van der Waals surface area contributed by atoms with E-state index in [2.05, 4.69) is 56.5 Å². The molecule has 1 aliphatic heterocycles. The third kappa shape index (κ3) is 6.96. The lowest BCUT2D eigenvalue weighted by Crippen LogP contribution is -2.50. The summed E-state index contributed by atoms with van der Waals surface area (Å²) < 4.78 is 0. The topological polar surface area (TPSA) is 68.8 Å². The molecule has 1 amide bonds. The molecule has 1 atom stereocenters. The van der Waals surface area contributed by atoms with Crippen molar-refractivity contribution in [3.63, 3.8) is 0 Å². The van der Waals surface area contributed by atoms with Crippen LogP contribution in [0.1, 0.15) is 44.6 Å². The number of aliphatic imine (C=N–C) groups is 1. The Hall–Kier alpha value is -1.60. The highest BCUT2D eigenvalue weighted by Crippen LogP contribution is 2.17. The van der Waals surface area contributed by atoms with Gasteiger partial charge in [-0.15, -0.1) is 0 Å². The maximum atomic E-state index is 11.8. The largest absolute Gasteiger partial charge is 0.356 e. The normalized spacial score (nSPS) is 17.7. The fraction of sp³-hybridized carbons (Fsp3) is 0.684. The van der Waals surface area contributed by atoms with Crippen LogP contribution in [0.5, 0.6) is 0 Å². The standard InChI is InChI=1S/C19H33N5OS/c1-4-8-21-18(25)13-24-9-5-17(6-10-24)23-19(20-3)22-12-15(2)16-7-11-26-14-16/h7,11,14-15,17H,4-6,8-10,12-13H2,1-3H3,(H,21,25)(H2,20,22,23). The van der Waals surface area contributed by atoms with E-state index >= 15 is 0 Å². The van der Waals surface area contributed by atoms with Crippen molar-refractivity contribution in [2.45, 2.75) is 45.1 Å². The van der Waals surface area contributed by atoms with E-state index in [9.17, 15) is 4.79 Å². The molecule has 26 heavy (non-hydrogen) atoms. The lowest BCUT2D eigenvalue weighted by atomic mass is 10.0. The summed E-state index contributed by atoms with van der Waals surface area (Å²) in [5, 5.41) is 14.2. The molecule has 1 aromatic rings. The number of nitrogens with one attached hydrogen (secondary N) is 3. The maximum Gasteiger partial charge on any atom is 0.234 e. The fourth-order valence-electron chi connectivity index (χ4n) is 3.07. The summed E-state index contributed by atoms with van der Waals surface area (Å²) in [5.74, 6) is 1.47. The number of hydrogen-bond acceptors (Lipinski definition) is 4. The van der Waals surface area contributed by atoms with Gasteiger partial charge in [0.2, 0.25) is 5.91 Å². The van der Waals surface area contributed by atoms with Crippen LogP contribution in [0.15, 0.2) is 21.8 Å². The van der Waals surface area contributed by atoms with Crippen LogP contribution < -0.4 is 16.0 Å².